The van der Waals surface area contributed by atoms with E-state index in [1.54, 1.807) is 0 Å². The summed E-state index contributed by atoms with van der Waals surface area (Å²) in [5.41, 5.74) is 0. The van der Waals surface area contributed by atoms with Crippen LogP contribution in [-0.4, -0.2) is 29.4 Å². The van der Waals surface area contributed by atoms with Gasteiger partial charge in [0.1, 0.15) is 0 Å². The normalized spacial score (nSPS) is 10.7. The van der Waals surface area contributed by atoms with Crippen LogP contribution in [0.3, 0.4) is 0 Å². The summed E-state index contributed by atoms with van der Waals surface area (Å²) in [5, 5.41) is 0. The van der Waals surface area contributed by atoms with Crippen molar-refractivity contribution in [3.05, 3.63) is 0 Å². The molecule has 0 radical (unpaired) electrons. The number of phosphoric acid groups is 2. The van der Waals surface area contributed by atoms with E-state index in [-0.39, 0.29) is 33.8 Å². The van der Waals surface area contributed by atoms with Crippen molar-refractivity contribution in [1.82, 2.24) is 0 Å². The third-order valence-corrected chi connectivity index (χ3v) is 0. The van der Waals surface area contributed by atoms with Crippen LogP contribution in [0.1, 0.15) is 4.28 Å². The fraction of sp³-hybridized carbons (Fsp3) is 0. The molecule has 0 spiro atoms. The van der Waals surface area contributed by atoms with Crippen LogP contribution in [0.4, 0.5) is 0 Å². The fourth-order valence-electron chi connectivity index (χ4n) is 0. The first-order chi connectivity index (χ1) is 4.00. The molecule has 0 heterocycles. The van der Waals surface area contributed by atoms with Crippen molar-refractivity contribution < 1.29 is 72.3 Å². The molecule has 0 aromatic carbocycles. The Bertz CT molecular complexity index is 135. The molecular weight excluding hydrogens is 213 g/mol. The molecule has 0 saturated heterocycles. The van der Waals surface area contributed by atoms with Gasteiger partial charge in [-0.15, -0.1) is 0 Å². The van der Waals surface area contributed by atoms with Gasteiger partial charge in [-0.3, -0.25) is 0 Å². The molecule has 0 aliphatic carbocycles. The SMILES string of the molecule is O=P(O)(O)O.O=P(O)(O)O.[H+].[H+].[H-].[Na+]. The summed E-state index contributed by atoms with van der Waals surface area (Å²) < 4.78 is 17.8. The largest absolute Gasteiger partial charge is 1.00 e. The van der Waals surface area contributed by atoms with Crippen molar-refractivity contribution in [3.63, 3.8) is 0 Å². The summed E-state index contributed by atoms with van der Waals surface area (Å²) in [6.07, 6.45) is 0. The minimum absolute atomic E-state index is 0. The van der Waals surface area contributed by atoms with Crippen LogP contribution in [0.5, 0.6) is 0 Å². The van der Waals surface area contributed by atoms with Gasteiger partial charge >= 0.3 is 48.1 Å². The van der Waals surface area contributed by atoms with Gasteiger partial charge in [0.25, 0.3) is 0 Å². The average Bonchev–Trinajstić information content (AvgIpc) is 1.12. The quantitative estimate of drug-likeness (QED) is 0.177. The molecule has 0 fully saturated rings. The van der Waals surface area contributed by atoms with Crippen molar-refractivity contribution in [2.45, 2.75) is 0 Å². The smallest absolute Gasteiger partial charge is 1.00 e. The molecule has 66 valence electrons. The van der Waals surface area contributed by atoms with Gasteiger partial charge in [-0.1, -0.05) is 0 Å². The molecule has 0 aromatic rings. The van der Waals surface area contributed by atoms with E-state index < -0.39 is 15.6 Å². The molecule has 6 N–H and O–H groups in total. The van der Waals surface area contributed by atoms with Gasteiger partial charge in [0.15, 0.2) is 0 Å². The van der Waals surface area contributed by atoms with Crippen LogP contribution in [0.2, 0.25) is 0 Å². The Morgan fingerprint density at radius 3 is 0.818 bits per heavy atom. The molecule has 0 aliphatic rings. The monoisotopic (exact) mass is 222 g/mol. The molecule has 0 atom stereocenters. The maximum atomic E-state index is 8.88. The van der Waals surface area contributed by atoms with Gasteiger partial charge in [0.2, 0.25) is 0 Å². The third-order valence-electron chi connectivity index (χ3n) is 0. The van der Waals surface area contributed by atoms with Crippen molar-refractivity contribution in [2.24, 2.45) is 0 Å². The molecule has 0 rings (SSSR count). The van der Waals surface area contributed by atoms with E-state index in [2.05, 4.69) is 0 Å². The fourth-order valence-corrected chi connectivity index (χ4v) is 0. The minimum Gasteiger partial charge on any atom is -1.00 e. The van der Waals surface area contributed by atoms with E-state index in [0.717, 1.165) is 0 Å². The van der Waals surface area contributed by atoms with E-state index in [1.165, 1.54) is 0 Å². The summed E-state index contributed by atoms with van der Waals surface area (Å²) in [4.78, 5) is 43.1. The summed E-state index contributed by atoms with van der Waals surface area (Å²) in [6.45, 7) is 0. The maximum absolute atomic E-state index is 8.88. The Labute approximate surface area is 88.1 Å². The summed E-state index contributed by atoms with van der Waals surface area (Å²) in [6, 6.07) is 0. The standard InChI is InChI=1S/Na.2H3O4P.H/c;2*1-5(2,3)4;/h;2*(H3,1,2,3,4);/q+1;;;-1/p+2. The predicted octanol–water partition coefficient (Wildman–Crippen LogP) is -4.52. The van der Waals surface area contributed by atoms with Crippen molar-refractivity contribution in [3.8, 4) is 0 Å². The summed E-state index contributed by atoms with van der Waals surface area (Å²) in [7, 11) is -9.28. The Morgan fingerprint density at radius 2 is 0.818 bits per heavy atom. The first-order valence-electron chi connectivity index (χ1n) is 1.57. The molecule has 8 nitrogen and oxygen atoms in total. The molecule has 0 aliphatic heterocycles. The molecule has 0 aromatic heterocycles. The molecule has 0 unspecified atom stereocenters. The van der Waals surface area contributed by atoms with Crippen LogP contribution in [0, 0.1) is 0 Å². The van der Waals surface area contributed by atoms with E-state index >= 15 is 0 Å². The van der Waals surface area contributed by atoms with Crippen LogP contribution in [0.15, 0.2) is 0 Å². The maximum Gasteiger partial charge on any atom is 1.00 e. The Balaban J connectivity index is -0.0000000178. The van der Waals surface area contributed by atoms with Crippen molar-refractivity contribution in [2.75, 3.05) is 0 Å². The van der Waals surface area contributed by atoms with Crippen LogP contribution < -0.4 is 29.6 Å². The summed E-state index contributed by atoms with van der Waals surface area (Å²) >= 11 is 0. The first kappa shape index (κ1) is 18.1. The first-order valence-corrected chi connectivity index (χ1v) is 4.70. The van der Waals surface area contributed by atoms with Gasteiger partial charge in [0, 0.05) is 0 Å². The predicted molar refractivity (Wildman–Crippen MR) is 31.9 cm³/mol. The molecule has 11 heavy (non-hydrogen) atoms. The van der Waals surface area contributed by atoms with Crippen molar-refractivity contribution in [1.29, 1.82) is 0 Å². The second-order valence-electron chi connectivity index (χ2n) is 1.03. The number of hydrogen-bond acceptors (Lipinski definition) is 2. The van der Waals surface area contributed by atoms with E-state index in [1.807, 2.05) is 0 Å². The second-order valence-corrected chi connectivity index (χ2v) is 3.08. The zero-order valence-corrected chi connectivity index (χ0v) is 9.18. The molecule has 0 saturated carbocycles. The molecular formula is H9NaO8P2+2. The molecule has 0 amide bonds. The van der Waals surface area contributed by atoms with Gasteiger partial charge in [0.05, 0.1) is 0 Å². The number of rotatable bonds is 0. The Morgan fingerprint density at radius 1 is 0.818 bits per heavy atom. The van der Waals surface area contributed by atoms with Crippen molar-refractivity contribution >= 4 is 15.6 Å². The topological polar surface area (TPSA) is 156 Å². The third kappa shape index (κ3) is 641. The van der Waals surface area contributed by atoms with Crippen LogP contribution >= 0.6 is 15.6 Å². The van der Waals surface area contributed by atoms with E-state index in [4.69, 9.17) is 38.5 Å². The Hall–Kier alpha value is 1.22. The zero-order chi connectivity index (χ0) is 9.00. The van der Waals surface area contributed by atoms with Gasteiger partial charge in [-0.25, -0.2) is 9.13 Å². The van der Waals surface area contributed by atoms with Crippen LogP contribution in [0.25, 0.3) is 0 Å². The second kappa shape index (κ2) is 6.71. The number of hydrogen-bond donors (Lipinski definition) is 6. The molecule has 11 heteroatoms. The van der Waals surface area contributed by atoms with E-state index in [9.17, 15) is 0 Å². The van der Waals surface area contributed by atoms with Gasteiger partial charge < -0.3 is 30.8 Å². The summed E-state index contributed by atoms with van der Waals surface area (Å²) in [5.74, 6) is 0. The minimum atomic E-state index is -4.64. The van der Waals surface area contributed by atoms with Crippen LogP contribution in [-0.2, 0) is 9.13 Å². The average molecular weight is 222 g/mol. The zero-order valence-electron chi connectivity index (χ0n) is 8.39. The molecule has 0 bridgehead atoms. The Kier molecular flexibility index (Phi) is 11.0. The van der Waals surface area contributed by atoms with E-state index in [0.29, 0.717) is 0 Å². The van der Waals surface area contributed by atoms with Gasteiger partial charge in [-0.2, -0.15) is 0 Å². The van der Waals surface area contributed by atoms with Gasteiger partial charge in [-0.05, 0) is 0 Å².